The molecule has 2 atom stereocenters. The molecule has 1 fully saturated rings. The van der Waals surface area contributed by atoms with Gasteiger partial charge < -0.3 is 4.90 Å². The van der Waals surface area contributed by atoms with Gasteiger partial charge in [0.1, 0.15) is 0 Å². The third kappa shape index (κ3) is 1.85. The van der Waals surface area contributed by atoms with Crippen molar-refractivity contribution in [3.8, 4) is 12.3 Å². The maximum atomic E-state index is 11.8. The van der Waals surface area contributed by atoms with Crippen LogP contribution >= 0.6 is 0 Å². The SMILES string of the molecule is C#CC(C)N(C)C(=O)[C@H]1CC1(C)C. The molecule has 0 aliphatic heterocycles. The number of carbonyl (C=O) groups excluding carboxylic acids is 1. The molecule has 72 valence electrons. The van der Waals surface area contributed by atoms with Gasteiger partial charge in [0.15, 0.2) is 0 Å². The summed E-state index contributed by atoms with van der Waals surface area (Å²) in [7, 11) is 1.78. The molecule has 0 heterocycles. The molecule has 1 saturated carbocycles. The molecule has 0 N–H and O–H groups in total. The van der Waals surface area contributed by atoms with Crippen molar-refractivity contribution in [2.75, 3.05) is 7.05 Å². The first-order valence-electron chi connectivity index (χ1n) is 4.63. The van der Waals surface area contributed by atoms with E-state index in [4.69, 9.17) is 6.42 Å². The van der Waals surface area contributed by atoms with Gasteiger partial charge in [-0.15, -0.1) is 6.42 Å². The first-order valence-corrected chi connectivity index (χ1v) is 4.63. The quantitative estimate of drug-likeness (QED) is 0.588. The Morgan fingerprint density at radius 2 is 2.15 bits per heavy atom. The van der Waals surface area contributed by atoms with Gasteiger partial charge in [-0.1, -0.05) is 19.8 Å². The van der Waals surface area contributed by atoms with E-state index in [9.17, 15) is 4.79 Å². The van der Waals surface area contributed by atoms with Crippen molar-refractivity contribution in [1.82, 2.24) is 4.90 Å². The normalized spacial score (nSPS) is 25.9. The summed E-state index contributed by atoms with van der Waals surface area (Å²) in [5, 5.41) is 0. The molecule has 1 aliphatic rings. The summed E-state index contributed by atoms with van der Waals surface area (Å²) in [5.41, 5.74) is 0.194. The van der Waals surface area contributed by atoms with Crippen molar-refractivity contribution in [3.05, 3.63) is 0 Å². The van der Waals surface area contributed by atoms with Gasteiger partial charge in [0, 0.05) is 13.0 Å². The number of rotatable bonds is 2. The fraction of sp³-hybridized carbons (Fsp3) is 0.727. The van der Waals surface area contributed by atoms with E-state index in [0.717, 1.165) is 6.42 Å². The van der Waals surface area contributed by atoms with Crippen LogP contribution in [0.5, 0.6) is 0 Å². The number of nitrogens with zero attached hydrogens (tertiary/aromatic N) is 1. The van der Waals surface area contributed by atoms with Crippen molar-refractivity contribution in [1.29, 1.82) is 0 Å². The largest absolute Gasteiger partial charge is 0.332 e. The monoisotopic (exact) mass is 179 g/mol. The Labute approximate surface area is 80.3 Å². The van der Waals surface area contributed by atoms with Crippen LogP contribution in [-0.4, -0.2) is 23.9 Å². The number of carbonyl (C=O) groups is 1. The molecule has 13 heavy (non-hydrogen) atoms. The summed E-state index contributed by atoms with van der Waals surface area (Å²) in [6, 6.07) is -0.0936. The van der Waals surface area contributed by atoms with Crippen LogP contribution in [-0.2, 0) is 4.79 Å². The summed E-state index contributed by atoms with van der Waals surface area (Å²) >= 11 is 0. The smallest absolute Gasteiger partial charge is 0.226 e. The second-order valence-electron chi connectivity index (χ2n) is 4.54. The van der Waals surface area contributed by atoms with Crippen LogP contribution in [0.4, 0.5) is 0 Å². The highest BCUT2D eigenvalue weighted by Crippen LogP contribution is 2.52. The van der Waals surface area contributed by atoms with Gasteiger partial charge in [-0.05, 0) is 18.8 Å². The topological polar surface area (TPSA) is 20.3 Å². The predicted octanol–water partition coefficient (Wildman–Crippen LogP) is 1.51. The lowest BCUT2D eigenvalue weighted by Crippen LogP contribution is -2.36. The molecule has 0 aromatic carbocycles. The Hall–Kier alpha value is -0.970. The van der Waals surface area contributed by atoms with Gasteiger partial charge in [-0.25, -0.2) is 0 Å². The Morgan fingerprint density at radius 3 is 2.46 bits per heavy atom. The van der Waals surface area contributed by atoms with E-state index in [2.05, 4.69) is 19.8 Å². The molecular formula is C11H17NO. The fourth-order valence-corrected chi connectivity index (χ4v) is 1.44. The molecule has 1 unspecified atom stereocenters. The zero-order chi connectivity index (χ0) is 10.2. The van der Waals surface area contributed by atoms with Gasteiger partial charge in [-0.3, -0.25) is 4.79 Å². The highest BCUT2D eigenvalue weighted by molar-refractivity contribution is 5.82. The first-order chi connectivity index (χ1) is 5.90. The van der Waals surface area contributed by atoms with Gasteiger partial charge in [0.25, 0.3) is 0 Å². The Balaban J connectivity index is 2.56. The highest BCUT2D eigenvalue weighted by Gasteiger charge is 2.51. The van der Waals surface area contributed by atoms with Crippen LogP contribution in [0.25, 0.3) is 0 Å². The minimum Gasteiger partial charge on any atom is -0.332 e. The van der Waals surface area contributed by atoms with Gasteiger partial charge >= 0.3 is 0 Å². The zero-order valence-electron chi connectivity index (χ0n) is 8.79. The maximum absolute atomic E-state index is 11.8. The molecule has 2 nitrogen and oxygen atoms in total. The molecule has 0 aromatic heterocycles. The van der Waals surface area contributed by atoms with Crippen LogP contribution in [0.1, 0.15) is 27.2 Å². The van der Waals surface area contributed by atoms with E-state index in [1.54, 1.807) is 11.9 Å². The number of hydrogen-bond donors (Lipinski definition) is 0. The summed E-state index contributed by atoms with van der Waals surface area (Å²) in [6.07, 6.45) is 6.25. The predicted molar refractivity (Wildman–Crippen MR) is 53.0 cm³/mol. The van der Waals surface area contributed by atoms with E-state index in [-0.39, 0.29) is 23.3 Å². The second kappa shape index (κ2) is 3.06. The van der Waals surface area contributed by atoms with Crippen molar-refractivity contribution < 1.29 is 4.79 Å². The molecule has 0 saturated heterocycles. The third-order valence-corrected chi connectivity index (χ3v) is 2.98. The third-order valence-electron chi connectivity index (χ3n) is 2.98. The van der Waals surface area contributed by atoms with E-state index in [0.29, 0.717) is 0 Å². The van der Waals surface area contributed by atoms with Crippen molar-refractivity contribution in [2.45, 2.75) is 33.2 Å². The van der Waals surface area contributed by atoms with Crippen molar-refractivity contribution >= 4 is 5.91 Å². The Kier molecular flexibility index (Phi) is 2.38. The van der Waals surface area contributed by atoms with E-state index in [1.165, 1.54) is 0 Å². The summed E-state index contributed by atoms with van der Waals surface area (Å²) in [4.78, 5) is 13.4. The van der Waals surface area contributed by atoms with Gasteiger partial charge in [0.2, 0.25) is 5.91 Å². The lowest BCUT2D eigenvalue weighted by atomic mass is 10.1. The lowest BCUT2D eigenvalue weighted by molar-refractivity contribution is -0.132. The summed E-state index contributed by atoms with van der Waals surface area (Å²) in [5.74, 6) is 2.94. The molecule has 1 amide bonds. The van der Waals surface area contributed by atoms with E-state index in [1.807, 2.05) is 6.92 Å². The molecule has 1 rings (SSSR count). The minimum absolute atomic E-state index is 0.0936. The molecule has 1 aliphatic carbocycles. The second-order valence-corrected chi connectivity index (χ2v) is 4.54. The fourth-order valence-electron chi connectivity index (χ4n) is 1.44. The average Bonchev–Trinajstić information content (AvgIpc) is 2.71. The first kappa shape index (κ1) is 10.1. The highest BCUT2D eigenvalue weighted by atomic mass is 16.2. The Bertz CT molecular complexity index is 262. The molecule has 0 radical (unpaired) electrons. The van der Waals surface area contributed by atoms with Crippen molar-refractivity contribution in [3.63, 3.8) is 0 Å². The standard InChI is InChI=1S/C11H17NO/c1-6-8(2)12(5)10(13)9-7-11(9,3)4/h1,8-9H,7H2,2-5H3/t8?,9-/m1/s1. The molecule has 0 spiro atoms. The van der Waals surface area contributed by atoms with Crippen LogP contribution in [0.15, 0.2) is 0 Å². The summed E-state index contributed by atoms with van der Waals surface area (Å²) in [6.45, 7) is 6.10. The van der Waals surface area contributed by atoms with Crippen LogP contribution in [0.2, 0.25) is 0 Å². The van der Waals surface area contributed by atoms with E-state index >= 15 is 0 Å². The van der Waals surface area contributed by atoms with Gasteiger partial charge in [0.05, 0.1) is 6.04 Å². The van der Waals surface area contributed by atoms with Crippen molar-refractivity contribution in [2.24, 2.45) is 11.3 Å². The van der Waals surface area contributed by atoms with Crippen LogP contribution in [0, 0.1) is 23.7 Å². The maximum Gasteiger partial charge on any atom is 0.226 e. The molecule has 2 heteroatoms. The zero-order valence-corrected chi connectivity index (χ0v) is 8.79. The lowest BCUT2D eigenvalue weighted by Gasteiger charge is -2.21. The van der Waals surface area contributed by atoms with Crippen LogP contribution < -0.4 is 0 Å². The molecule has 0 aromatic rings. The van der Waals surface area contributed by atoms with Crippen LogP contribution in [0.3, 0.4) is 0 Å². The number of terminal acetylenes is 1. The average molecular weight is 179 g/mol. The van der Waals surface area contributed by atoms with E-state index < -0.39 is 0 Å². The molecular weight excluding hydrogens is 162 g/mol. The summed E-state index contributed by atoms with van der Waals surface area (Å²) < 4.78 is 0. The molecule has 0 bridgehead atoms. The number of hydrogen-bond acceptors (Lipinski definition) is 1. The number of amides is 1. The Morgan fingerprint density at radius 1 is 1.69 bits per heavy atom. The minimum atomic E-state index is -0.0936. The van der Waals surface area contributed by atoms with Gasteiger partial charge in [-0.2, -0.15) is 0 Å².